The molecule has 5 atom stereocenters. The SMILES string of the molecule is C(/C1=NCCCN1)=C(\O[C@H]1O[C@H](COCc2ccccc2)[C@@H](OCc2ccccc2)[C@H](OCc2ccccc2)[C@H]1OCc1ccccc1)c1ccccc1. The van der Waals surface area contributed by atoms with Crippen molar-refractivity contribution in [2.45, 2.75) is 63.6 Å². The number of rotatable bonds is 17. The first-order valence-corrected chi connectivity index (χ1v) is 18.7. The zero-order valence-electron chi connectivity index (χ0n) is 30.5. The second-order valence-electron chi connectivity index (χ2n) is 13.4. The van der Waals surface area contributed by atoms with Crippen LogP contribution >= 0.6 is 0 Å². The predicted molar refractivity (Wildman–Crippen MR) is 210 cm³/mol. The second-order valence-corrected chi connectivity index (χ2v) is 13.4. The van der Waals surface area contributed by atoms with Gasteiger partial charge >= 0.3 is 0 Å². The van der Waals surface area contributed by atoms with Crippen molar-refractivity contribution in [2.75, 3.05) is 19.7 Å². The van der Waals surface area contributed by atoms with Crippen LogP contribution in [0.4, 0.5) is 0 Å². The van der Waals surface area contributed by atoms with Crippen molar-refractivity contribution in [1.82, 2.24) is 5.32 Å². The van der Waals surface area contributed by atoms with Crippen LogP contribution in [-0.2, 0) is 54.8 Å². The van der Waals surface area contributed by atoms with Crippen LogP contribution in [0, 0.1) is 0 Å². The van der Waals surface area contributed by atoms with Crippen LogP contribution in [0.5, 0.6) is 0 Å². The van der Waals surface area contributed by atoms with E-state index in [9.17, 15) is 0 Å². The maximum Gasteiger partial charge on any atom is 0.229 e. The molecule has 7 rings (SSSR count). The van der Waals surface area contributed by atoms with E-state index in [4.69, 9.17) is 33.4 Å². The van der Waals surface area contributed by atoms with E-state index in [0.717, 1.165) is 53.2 Å². The van der Waals surface area contributed by atoms with Gasteiger partial charge in [-0.15, -0.1) is 0 Å². The van der Waals surface area contributed by atoms with Gasteiger partial charge in [0, 0.05) is 24.7 Å². The molecule has 0 aliphatic carbocycles. The Balaban J connectivity index is 1.25. The number of hydrogen-bond donors (Lipinski definition) is 1. The van der Waals surface area contributed by atoms with E-state index < -0.39 is 30.7 Å². The number of hydrogen-bond acceptors (Lipinski definition) is 8. The van der Waals surface area contributed by atoms with Gasteiger partial charge in [-0.05, 0) is 28.7 Å². The van der Waals surface area contributed by atoms with Crippen LogP contribution in [0.15, 0.2) is 163 Å². The molecule has 0 bridgehead atoms. The summed E-state index contributed by atoms with van der Waals surface area (Å²) in [6.45, 7) is 3.27. The second kappa shape index (κ2) is 19.8. The van der Waals surface area contributed by atoms with E-state index in [1.807, 2.05) is 121 Å². The van der Waals surface area contributed by atoms with Crippen LogP contribution < -0.4 is 5.32 Å². The molecule has 1 N–H and O–H groups in total. The van der Waals surface area contributed by atoms with Crippen molar-refractivity contribution >= 4 is 11.6 Å². The number of nitrogens with zero attached hydrogens (tertiary/aromatic N) is 1. The van der Waals surface area contributed by atoms with E-state index in [1.165, 1.54) is 0 Å². The Kier molecular flexibility index (Phi) is 13.7. The van der Waals surface area contributed by atoms with Gasteiger partial charge in [0.15, 0.2) is 0 Å². The summed E-state index contributed by atoms with van der Waals surface area (Å²) in [5, 5.41) is 3.41. The largest absolute Gasteiger partial charge is 0.461 e. The van der Waals surface area contributed by atoms with Gasteiger partial charge in [0.2, 0.25) is 6.29 Å². The molecule has 2 aliphatic heterocycles. The summed E-state index contributed by atoms with van der Waals surface area (Å²) in [4.78, 5) is 4.72. The number of nitrogens with one attached hydrogen (secondary N) is 1. The summed E-state index contributed by atoms with van der Waals surface area (Å²) in [5.41, 5.74) is 5.05. The molecule has 5 aromatic carbocycles. The van der Waals surface area contributed by atoms with Crippen molar-refractivity contribution in [3.63, 3.8) is 0 Å². The molecule has 54 heavy (non-hydrogen) atoms. The normalized spacial score (nSPS) is 21.5. The lowest BCUT2D eigenvalue weighted by Crippen LogP contribution is -2.61. The van der Waals surface area contributed by atoms with Gasteiger partial charge in [-0.2, -0.15) is 0 Å². The van der Waals surface area contributed by atoms with Crippen molar-refractivity contribution in [2.24, 2.45) is 4.99 Å². The quantitative estimate of drug-likeness (QED) is 0.0971. The molecule has 2 heterocycles. The minimum absolute atomic E-state index is 0.240. The average Bonchev–Trinajstić information content (AvgIpc) is 3.24. The summed E-state index contributed by atoms with van der Waals surface area (Å²) >= 11 is 0. The lowest BCUT2D eigenvalue weighted by Gasteiger charge is -2.46. The fraction of sp³-hybridized carbons (Fsp3) is 0.283. The molecule has 278 valence electrons. The monoisotopic (exact) mass is 724 g/mol. The Morgan fingerprint density at radius 3 is 1.59 bits per heavy atom. The first-order valence-electron chi connectivity index (χ1n) is 18.7. The third-order valence-corrected chi connectivity index (χ3v) is 9.33. The Bertz CT molecular complexity index is 1880. The van der Waals surface area contributed by atoms with E-state index in [-0.39, 0.29) is 6.61 Å². The van der Waals surface area contributed by atoms with Crippen molar-refractivity contribution in [3.8, 4) is 0 Å². The fourth-order valence-corrected chi connectivity index (χ4v) is 6.53. The Morgan fingerprint density at radius 2 is 1.07 bits per heavy atom. The Morgan fingerprint density at radius 1 is 0.593 bits per heavy atom. The zero-order valence-corrected chi connectivity index (χ0v) is 30.5. The maximum absolute atomic E-state index is 6.97. The maximum atomic E-state index is 6.97. The summed E-state index contributed by atoms with van der Waals surface area (Å²) < 4.78 is 40.9. The molecule has 0 saturated carbocycles. The molecule has 1 saturated heterocycles. The molecule has 0 radical (unpaired) electrons. The molecule has 0 unspecified atom stereocenters. The summed E-state index contributed by atoms with van der Waals surface area (Å²) in [6, 6.07) is 50.5. The average molecular weight is 725 g/mol. The molecule has 5 aromatic rings. The summed E-state index contributed by atoms with van der Waals surface area (Å²) in [7, 11) is 0. The van der Waals surface area contributed by atoms with Gasteiger partial charge in [0.1, 0.15) is 36.0 Å². The van der Waals surface area contributed by atoms with E-state index in [2.05, 4.69) is 41.7 Å². The van der Waals surface area contributed by atoms with Crippen LogP contribution in [0.3, 0.4) is 0 Å². The topological polar surface area (TPSA) is 79.8 Å². The predicted octanol–water partition coefficient (Wildman–Crippen LogP) is 8.13. The molecule has 2 aliphatic rings. The summed E-state index contributed by atoms with van der Waals surface area (Å²) in [6.07, 6.45) is -0.412. The highest BCUT2D eigenvalue weighted by Crippen LogP contribution is 2.34. The lowest BCUT2D eigenvalue weighted by molar-refractivity contribution is -0.315. The highest BCUT2D eigenvalue weighted by molar-refractivity contribution is 5.98. The molecule has 0 amide bonds. The van der Waals surface area contributed by atoms with E-state index >= 15 is 0 Å². The van der Waals surface area contributed by atoms with Gasteiger partial charge in [0.25, 0.3) is 0 Å². The molecule has 8 heteroatoms. The van der Waals surface area contributed by atoms with E-state index in [1.54, 1.807) is 0 Å². The number of ether oxygens (including phenoxy) is 6. The van der Waals surface area contributed by atoms with Gasteiger partial charge in [0.05, 0.1) is 33.0 Å². The highest BCUT2D eigenvalue weighted by atomic mass is 16.7. The summed E-state index contributed by atoms with van der Waals surface area (Å²) in [5.74, 6) is 1.37. The molecule has 0 aromatic heterocycles. The lowest BCUT2D eigenvalue weighted by atomic mass is 9.97. The van der Waals surface area contributed by atoms with Crippen LogP contribution in [-0.4, -0.2) is 56.2 Å². The van der Waals surface area contributed by atoms with E-state index in [0.29, 0.717) is 32.2 Å². The third kappa shape index (κ3) is 10.7. The smallest absolute Gasteiger partial charge is 0.229 e. The van der Waals surface area contributed by atoms with Crippen LogP contribution in [0.25, 0.3) is 5.76 Å². The standard InChI is InChI=1S/C46H48N2O6/c1-6-17-35(18-7-1)30-49-34-41-43(50-31-36-19-8-2-9-20-36)44(51-32-37-21-10-3-11-22-37)45(52-33-38-23-12-4-13-24-38)46(54-41)53-40(39-25-14-5-15-26-39)29-42-47-27-16-28-48-42/h1-15,17-26,29,41,43-46H,16,27-28,30-34H2,(H,47,48)/b40-29+/t41-,43-,44+,45-,46+/m1/s1. The first-order chi connectivity index (χ1) is 26.8. The number of aliphatic imine (C=N–C) groups is 1. The molecule has 1 fully saturated rings. The van der Waals surface area contributed by atoms with Gasteiger partial charge in [-0.25, -0.2) is 0 Å². The van der Waals surface area contributed by atoms with Gasteiger partial charge in [-0.1, -0.05) is 152 Å². The van der Waals surface area contributed by atoms with Gasteiger partial charge < -0.3 is 33.7 Å². The molecular weight excluding hydrogens is 677 g/mol. The molecule has 0 spiro atoms. The fourth-order valence-electron chi connectivity index (χ4n) is 6.53. The van der Waals surface area contributed by atoms with Crippen LogP contribution in [0.1, 0.15) is 34.2 Å². The molecule has 8 nitrogen and oxygen atoms in total. The van der Waals surface area contributed by atoms with Crippen molar-refractivity contribution < 1.29 is 28.4 Å². The first kappa shape index (κ1) is 37.2. The Labute approximate surface area is 318 Å². The Hall–Kier alpha value is -5.09. The number of benzene rings is 5. The highest BCUT2D eigenvalue weighted by Gasteiger charge is 2.50. The zero-order chi connectivity index (χ0) is 36.6. The van der Waals surface area contributed by atoms with Crippen molar-refractivity contribution in [1.29, 1.82) is 0 Å². The minimum Gasteiger partial charge on any atom is -0.461 e. The third-order valence-electron chi connectivity index (χ3n) is 9.33. The van der Waals surface area contributed by atoms with Crippen LogP contribution in [0.2, 0.25) is 0 Å². The molecular formula is C46H48N2O6. The minimum atomic E-state index is -0.896. The van der Waals surface area contributed by atoms with Crippen molar-refractivity contribution in [3.05, 3.63) is 186 Å². The van der Waals surface area contributed by atoms with Gasteiger partial charge in [-0.3, -0.25) is 4.99 Å². The number of amidine groups is 1.